The van der Waals surface area contributed by atoms with Gasteiger partial charge in [0.15, 0.2) is 0 Å². The molecule has 0 aliphatic rings. The Morgan fingerprint density at radius 2 is 2.11 bits per heavy atom. The second-order valence-electron chi connectivity index (χ2n) is 4.05. The maximum absolute atomic E-state index is 11.9. The first-order valence-corrected chi connectivity index (χ1v) is 7.67. The summed E-state index contributed by atoms with van der Waals surface area (Å²) in [5.74, 6) is 0.255. The number of hydrogen-bond acceptors (Lipinski definition) is 4. The largest absolute Gasteiger partial charge is 0.508 e. The third-order valence-corrected chi connectivity index (χ3v) is 4.52. The summed E-state index contributed by atoms with van der Waals surface area (Å²) in [4.78, 5) is 14.1. The number of thiophene rings is 1. The molecule has 3 nitrogen and oxygen atoms in total. The first kappa shape index (κ1) is 14.0. The third-order valence-electron chi connectivity index (χ3n) is 2.54. The average Bonchev–Trinajstić information content (AvgIpc) is 2.91. The van der Waals surface area contributed by atoms with Gasteiger partial charge in [-0.15, -0.1) is 23.1 Å². The lowest BCUT2D eigenvalue weighted by Crippen LogP contribution is -2.30. The van der Waals surface area contributed by atoms with Gasteiger partial charge in [-0.1, -0.05) is 6.07 Å². The molecular weight excluding hydrogens is 278 g/mol. The van der Waals surface area contributed by atoms with Gasteiger partial charge in [-0.25, -0.2) is 0 Å². The monoisotopic (exact) mass is 293 g/mol. The van der Waals surface area contributed by atoms with E-state index in [0.717, 1.165) is 9.77 Å². The summed E-state index contributed by atoms with van der Waals surface area (Å²) < 4.78 is 0. The molecule has 2 aromatic rings. The minimum Gasteiger partial charge on any atom is -0.508 e. The fraction of sp³-hybridized carbons (Fsp3) is 0.214. The molecule has 19 heavy (non-hydrogen) atoms. The molecule has 100 valence electrons. The van der Waals surface area contributed by atoms with Gasteiger partial charge in [0.05, 0.1) is 11.8 Å². The van der Waals surface area contributed by atoms with Crippen molar-refractivity contribution < 1.29 is 9.90 Å². The minimum atomic E-state index is -0.162. The van der Waals surface area contributed by atoms with Crippen LogP contribution in [0.2, 0.25) is 0 Å². The summed E-state index contributed by atoms with van der Waals surface area (Å²) in [5, 5.41) is 14.0. The Labute approximate surface area is 120 Å². The Balaban J connectivity index is 1.83. The molecule has 0 spiro atoms. The van der Waals surface area contributed by atoms with Crippen LogP contribution in [0.3, 0.4) is 0 Å². The molecule has 1 aromatic carbocycles. The Kier molecular flexibility index (Phi) is 4.87. The summed E-state index contributed by atoms with van der Waals surface area (Å²) in [6.45, 7) is 2.46. The van der Waals surface area contributed by atoms with Crippen LogP contribution in [0.4, 0.5) is 0 Å². The molecule has 2 N–H and O–H groups in total. The molecule has 0 bridgehead atoms. The van der Waals surface area contributed by atoms with E-state index in [2.05, 4.69) is 5.32 Å². The van der Waals surface area contributed by atoms with E-state index in [0.29, 0.717) is 6.54 Å². The van der Waals surface area contributed by atoms with Gasteiger partial charge >= 0.3 is 0 Å². The zero-order chi connectivity index (χ0) is 13.7. The van der Waals surface area contributed by atoms with Gasteiger partial charge in [0, 0.05) is 9.77 Å². The van der Waals surface area contributed by atoms with E-state index in [9.17, 15) is 9.90 Å². The number of rotatable bonds is 5. The van der Waals surface area contributed by atoms with E-state index in [4.69, 9.17) is 0 Å². The Morgan fingerprint density at radius 3 is 2.74 bits per heavy atom. The smallest absolute Gasteiger partial charge is 0.233 e. The second-order valence-corrected chi connectivity index (χ2v) is 6.50. The van der Waals surface area contributed by atoms with E-state index in [1.54, 1.807) is 23.5 Å². The Morgan fingerprint density at radius 1 is 1.37 bits per heavy atom. The summed E-state index contributed by atoms with van der Waals surface area (Å²) in [5.41, 5.74) is 0. The van der Waals surface area contributed by atoms with Gasteiger partial charge < -0.3 is 10.4 Å². The van der Waals surface area contributed by atoms with Crippen molar-refractivity contribution in [3.63, 3.8) is 0 Å². The van der Waals surface area contributed by atoms with Crippen LogP contribution in [0, 0.1) is 0 Å². The average molecular weight is 293 g/mol. The number of aromatic hydroxyl groups is 1. The van der Waals surface area contributed by atoms with Gasteiger partial charge in [-0.05, 0) is 42.6 Å². The number of phenols is 1. The number of thioether (sulfide) groups is 1. The predicted octanol–water partition coefficient (Wildman–Crippen LogP) is 3.25. The van der Waals surface area contributed by atoms with Crippen molar-refractivity contribution in [2.75, 3.05) is 0 Å². The summed E-state index contributed by atoms with van der Waals surface area (Å²) in [7, 11) is 0. The van der Waals surface area contributed by atoms with Crippen LogP contribution in [-0.4, -0.2) is 16.3 Å². The molecule has 1 unspecified atom stereocenters. The van der Waals surface area contributed by atoms with Crippen molar-refractivity contribution in [2.24, 2.45) is 0 Å². The molecule has 0 aliphatic heterocycles. The van der Waals surface area contributed by atoms with Gasteiger partial charge in [-0.3, -0.25) is 4.79 Å². The van der Waals surface area contributed by atoms with Crippen LogP contribution in [-0.2, 0) is 11.3 Å². The first-order chi connectivity index (χ1) is 9.15. The number of carbonyl (C=O) groups excluding carboxylic acids is 1. The Bertz CT molecular complexity index is 523. The second kappa shape index (κ2) is 6.63. The van der Waals surface area contributed by atoms with Crippen molar-refractivity contribution in [3.8, 4) is 5.75 Å². The molecule has 0 fully saturated rings. The fourth-order valence-electron chi connectivity index (χ4n) is 1.51. The minimum absolute atomic E-state index is 0.0199. The maximum Gasteiger partial charge on any atom is 0.233 e. The van der Waals surface area contributed by atoms with E-state index < -0.39 is 0 Å². The Hall–Kier alpha value is -1.46. The number of benzene rings is 1. The summed E-state index contributed by atoms with van der Waals surface area (Å²) >= 11 is 3.11. The van der Waals surface area contributed by atoms with Crippen molar-refractivity contribution in [2.45, 2.75) is 23.6 Å². The zero-order valence-electron chi connectivity index (χ0n) is 10.5. The maximum atomic E-state index is 11.9. The highest BCUT2D eigenvalue weighted by Crippen LogP contribution is 2.25. The van der Waals surface area contributed by atoms with Crippen LogP contribution in [0.15, 0.2) is 46.7 Å². The van der Waals surface area contributed by atoms with Crippen molar-refractivity contribution in [3.05, 3.63) is 46.7 Å². The van der Waals surface area contributed by atoms with Crippen LogP contribution in [0.1, 0.15) is 11.8 Å². The molecular formula is C14H15NO2S2. The lowest BCUT2D eigenvalue weighted by atomic mass is 10.3. The summed E-state index contributed by atoms with van der Waals surface area (Å²) in [6.07, 6.45) is 0. The number of hydrogen-bond donors (Lipinski definition) is 2. The van der Waals surface area contributed by atoms with Gasteiger partial charge in [0.1, 0.15) is 5.75 Å². The number of nitrogens with one attached hydrogen (secondary N) is 1. The first-order valence-electron chi connectivity index (χ1n) is 5.91. The highest BCUT2D eigenvalue weighted by Gasteiger charge is 2.14. The van der Waals surface area contributed by atoms with Gasteiger partial charge in [0.25, 0.3) is 0 Å². The number of carbonyl (C=O) groups is 1. The van der Waals surface area contributed by atoms with E-state index in [1.807, 2.05) is 36.6 Å². The van der Waals surface area contributed by atoms with E-state index in [1.165, 1.54) is 11.8 Å². The SMILES string of the molecule is CC(Sc1ccc(O)cc1)C(=O)NCc1cccs1. The van der Waals surface area contributed by atoms with Crippen LogP contribution in [0.25, 0.3) is 0 Å². The molecule has 5 heteroatoms. The van der Waals surface area contributed by atoms with Crippen molar-refractivity contribution >= 4 is 29.0 Å². The highest BCUT2D eigenvalue weighted by atomic mass is 32.2. The van der Waals surface area contributed by atoms with E-state index >= 15 is 0 Å². The molecule has 0 radical (unpaired) electrons. The molecule has 0 saturated carbocycles. The van der Waals surface area contributed by atoms with Gasteiger partial charge in [0.2, 0.25) is 5.91 Å². The number of phenolic OH excluding ortho intramolecular Hbond substituents is 1. The molecule has 1 atom stereocenters. The normalized spacial score (nSPS) is 12.1. The molecule has 1 aromatic heterocycles. The lowest BCUT2D eigenvalue weighted by Gasteiger charge is -2.11. The molecule has 1 amide bonds. The highest BCUT2D eigenvalue weighted by molar-refractivity contribution is 8.00. The quantitative estimate of drug-likeness (QED) is 0.832. The zero-order valence-corrected chi connectivity index (χ0v) is 12.1. The van der Waals surface area contributed by atoms with E-state index in [-0.39, 0.29) is 16.9 Å². The molecule has 0 saturated heterocycles. The van der Waals surface area contributed by atoms with Crippen molar-refractivity contribution in [1.82, 2.24) is 5.32 Å². The van der Waals surface area contributed by atoms with Gasteiger partial charge in [-0.2, -0.15) is 0 Å². The van der Waals surface area contributed by atoms with Crippen LogP contribution < -0.4 is 5.32 Å². The summed E-state index contributed by atoms with van der Waals surface area (Å²) in [6, 6.07) is 10.8. The molecule has 0 aliphatic carbocycles. The topological polar surface area (TPSA) is 49.3 Å². The van der Waals surface area contributed by atoms with Crippen LogP contribution in [0.5, 0.6) is 5.75 Å². The standard InChI is InChI=1S/C14H15NO2S2/c1-10(19-12-6-4-11(16)5-7-12)14(17)15-9-13-3-2-8-18-13/h2-8,10,16H,9H2,1H3,(H,15,17). The molecule has 2 rings (SSSR count). The fourth-order valence-corrected chi connectivity index (χ4v) is 3.05. The van der Waals surface area contributed by atoms with Crippen molar-refractivity contribution in [1.29, 1.82) is 0 Å². The lowest BCUT2D eigenvalue weighted by molar-refractivity contribution is -0.120. The predicted molar refractivity (Wildman–Crippen MR) is 79.6 cm³/mol. The molecule has 1 heterocycles. The number of amides is 1. The third kappa shape index (κ3) is 4.29. The van der Waals surface area contributed by atoms with Crippen LogP contribution >= 0.6 is 23.1 Å².